The van der Waals surface area contributed by atoms with E-state index in [1.807, 2.05) is 0 Å². The first-order chi connectivity index (χ1) is 7.33. The number of hydrogen-bond acceptors (Lipinski definition) is 1. The van der Waals surface area contributed by atoms with Gasteiger partial charge in [-0.15, -0.1) is 0 Å². The summed E-state index contributed by atoms with van der Waals surface area (Å²) in [4.78, 5) is 12.2. The van der Waals surface area contributed by atoms with Gasteiger partial charge >= 0.3 is 0 Å². The number of carbonyl (C=O) groups excluding carboxylic acids is 1. The summed E-state index contributed by atoms with van der Waals surface area (Å²) in [5.41, 5.74) is 0.704. The van der Waals surface area contributed by atoms with Gasteiger partial charge in [-0.3, -0.25) is 4.79 Å². The summed E-state index contributed by atoms with van der Waals surface area (Å²) in [6.07, 6.45) is 2.67. The number of hydrogen-bond donors (Lipinski definition) is 0. The maximum atomic E-state index is 12.2. The Morgan fingerprint density at radius 1 is 1.12 bits per heavy atom. The van der Waals surface area contributed by atoms with Gasteiger partial charge in [-0.2, -0.15) is 0 Å². The molecule has 0 aromatic carbocycles. The zero-order valence-corrected chi connectivity index (χ0v) is 11.2. The lowest BCUT2D eigenvalue weighted by Gasteiger charge is -2.48. The van der Waals surface area contributed by atoms with E-state index in [1.54, 1.807) is 0 Å². The van der Waals surface area contributed by atoms with Gasteiger partial charge in [0.25, 0.3) is 0 Å². The van der Waals surface area contributed by atoms with Crippen molar-refractivity contribution in [1.29, 1.82) is 0 Å². The van der Waals surface area contributed by atoms with Crippen molar-refractivity contribution >= 4 is 5.78 Å². The Hall–Kier alpha value is -0.330. The number of ketones is 1. The van der Waals surface area contributed by atoms with Crippen molar-refractivity contribution in [3.05, 3.63) is 0 Å². The van der Waals surface area contributed by atoms with Crippen molar-refractivity contribution in [3.63, 3.8) is 0 Å². The number of rotatable bonds is 0. The molecule has 0 spiro atoms. The van der Waals surface area contributed by atoms with Crippen LogP contribution in [0.4, 0.5) is 0 Å². The topological polar surface area (TPSA) is 17.1 Å². The summed E-state index contributed by atoms with van der Waals surface area (Å²) in [6, 6.07) is 0. The predicted molar refractivity (Wildman–Crippen MR) is 64.9 cm³/mol. The van der Waals surface area contributed by atoms with Crippen LogP contribution in [-0.4, -0.2) is 5.78 Å². The van der Waals surface area contributed by atoms with Crippen LogP contribution in [0, 0.1) is 40.4 Å². The molecule has 0 saturated heterocycles. The minimum Gasteiger partial charge on any atom is -0.299 e. The van der Waals surface area contributed by atoms with Crippen LogP contribution < -0.4 is 0 Å². The van der Waals surface area contributed by atoms with Crippen molar-refractivity contribution < 1.29 is 4.79 Å². The lowest BCUT2D eigenvalue weighted by Crippen LogP contribution is -2.52. The van der Waals surface area contributed by atoms with E-state index < -0.39 is 0 Å². The highest BCUT2D eigenvalue weighted by Crippen LogP contribution is 2.74. The molecule has 0 heterocycles. The molecule has 2 unspecified atom stereocenters. The smallest absolute Gasteiger partial charge is 0.139 e. The lowest BCUT2D eigenvalue weighted by molar-refractivity contribution is -0.149. The molecular weight excluding hydrogens is 196 g/mol. The second-order valence-electron chi connectivity index (χ2n) is 7.41. The van der Waals surface area contributed by atoms with Crippen molar-refractivity contribution in [2.45, 2.75) is 47.5 Å². The summed E-state index contributed by atoms with van der Waals surface area (Å²) < 4.78 is 0. The Balaban J connectivity index is 2.10. The first-order valence-corrected chi connectivity index (χ1v) is 6.86. The van der Waals surface area contributed by atoms with Gasteiger partial charge in [0, 0.05) is 11.8 Å². The second kappa shape index (κ2) is 2.73. The van der Waals surface area contributed by atoms with Crippen LogP contribution in [0.25, 0.3) is 0 Å². The molecule has 0 radical (unpaired) electrons. The van der Waals surface area contributed by atoms with E-state index in [2.05, 4.69) is 34.6 Å². The predicted octanol–water partition coefficient (Wildman–Crippen LogP) is 3.53. The van der Waals surface area contributed by atoms with E-state index in [4.69, 9.17) is 0 Å². The Labute approximate surface area is 99.0 Å². The zero-order valence-electron chi connectivity index (χ0n) is 11.2. The quantitative estimate of drug-likeness (QED) is 0.610. The van der Waals surface area contributed by atoms with Gasteiger partial charge in [-0.1, -0.05) is 34.6 Å². The van der Waals surface area contributed by atoms with Crippen LogP contribution in [0.3, 0.4) is 0 Å². The van der Waals surface area contributed by atoms with Gasteiger partial charge in [0.15, 0.2) is 0 Å². The van der Waals surface area contributed by atoms with Crippen molar-refractivity contribution in [1.82, 2.24) is 0 Å². The molecule has 3 aliphatic rings. The highest BCUT2D eigenvalue weighted by molar-refractivity contribution is 5.91. The first kappa shape index (κ1) is 10.8. The van der Waals surface area contributed by atoms with Crippen molar-refractivity contribution in [3.8, 4) is 0 Å². The summed E-state index contributed by atoms with van der Waals surface area (Å²) in [6.45, 7) is 11.8. The number of carbonyl (C=O) groups is 1. The highest BCUT2D eigenvalue weighted by Gasteiger charge is 2.73. The third-order valence-electron chi connectivity index (χ3n) is 6.78. The summed E-state index contributed by atoms with van der Waals surface area (Å²) in [5, 5.41) is 0. The molecule has 3 saturated carbocycles. The summed E-state index contributed by atoms with van der Waals surface area (Å²) in [7, 11) is 0. The minimum absolute atomic E-state index is 0.317. The third kappa shape index (κ3) is 0.855. The molecule has 90 valence electrons. The van der Waals surface area contributed by atoms with E-state index in [0.29, 0.717) is 34.4 Å². The van der Waals surface area contributed by atoms with Crippen molar-refractivity contribution in [2.75, 3.05) is 0 Å². The van der Waals surface area contributed by atoms with E-state index in [9.17, 15) is 4.79 Å². The largest absolute Gasteiger partial charge is 0.299 e. The second-order valence-corrected chi connectivity index (χ2v) is 7.41. The molecule has 0 N–H and O–H groups in total. The third-order valence-corrected chi connectivity index (χ3v) is 6.78. The molecule has 0 bridgehead atoms. The molecule has 16 heavy (non-hydrogen) atoms. The van der Waals surface area contributed by atoms with E-state index in [-0.39, 0.29) is 0 Å². The number of Topliss-reactive ketones (excluding diaryl/α,β-unsaturated/α-hetero) is 1. The molecule has 1 nitrogen and oxygen atoms in total. The molecule has 0 amide bonds. The Morgan fingerprint density at radius 3 is 2.38 bits per heavy atom. The maximum Gasteiger partial charge on any atom is 0.139 e. The van der Waals surface area contributed by atoms with E-state index in [0.717, 1.165) is 11.8 Å². The fourth-order valence-corrected chi connectivity index (χ4v) is 5.89. The summed E-state index contributed by atoms with van der Waals surface area (Å²) >= 11 is 0. The van der Waals surface area contributed by atoms with E-state index in [1.165, 1.54) is 12.8 Å². The first-order valence-electron chi connectivity index (χ1n) is 6.86. The molecule has 0 aromatic heterocycles. The molecule has 6 atom stereocenters. The van der Waals surface area contributed by atoms with Crippen LogP contribution in [0.1, 0.15) is 47.5 Å². The zero-order chi connectivity index (χ0) is 11.9. The molecule has 1 heteroatoms. The van der Waals surface area contributed by atoms with Crippen LogP contribution in [0.5, 0.6) is 0 Å². The Kier molecular flexibility index (Phi) is 1.85. The van der Waals surface area contributed by atoms with Crippen molar-refractivity contribution in [2.24, 2.45) is 40.4 Å². The average Bonchev–Trinajstić information content (AvgIpc) is 2.58. The Morgan fingerprint density at radius 2 is 1.75 bits per heavy atom. The molecule has 3 fully saturated rings. The fourth-order valence-electron chi connectivity index (χ4n) is 5.89. The normalized spacial score (nSPS) is 58.1. The minimum atomic E-state index is 0.317. The fraction of sp³-hybridized carbons (Fsp3) is 0.933. The standard InChI is InChI=1S/C15H24O/c1-8-6-7-10-14(3,4)11-9(2)13(16)12(11)15(8,10)5/h8-12H,6-7H2,1-5H3/t8-,9?,10+,11?,12-,15-/m1/s1. The Bertz CT molecular complexity index is 356. The SMILES string of the molecule is CC1C(=O)[C@H]2C1C(C)(C)[C@@H]1CC[C@@H](C)[C@@]21C. The molecule has 3 aliphatic carbocycles. The van der Waals surface area contributed by atoms with Crippen LogP contribution in [-0.2, 0) is 4.79 Å². The monoisotopic (exact) mass is 220 g/mol. The van der Waals surface area contributed by atoms with Gasteiger partial charge < -0.3 is 0 Å². The van der Waals surface area contributed by atoms with Gasteiger partial charge in [-0.25, -0.2) is 0 Å². The highest BCUT2D eigenvalue weighted by atomic mass is 16.1. The summed E-state index contributed by atoms with van der Waals surface area (Å²) in [5.74, 6) is 3.46. The molecule has 0 aliphatic heterocycles. The average molecular weight is 220 g/mol. The van der Waals surface area contributed by atoms with E-state index >= 15 is 0 Å². The molecule has 3 rings (SSSR count). The maximum absolute atomic E-state index is 12.2. The molecular formula is C15H24O. The van der Waals surface area contributed by atoms with Gasteiger partial charge in [0.1, 0.15) is 5.78 Å². The van der Waals surface area contributed by atoms with Gasteiger partial charge in [0.05, 0.1) is 0 Å². The number of fused-ring (bicyclic) bond motifs is 3. The van der Waals surface area contributed by atoms with Gasteiger partial charge in [-0.05, 0) is 41.4 Å². The molecule has 0 aromatic rings. The van der Waals surface area contributed by atoms with Crippen LogP contribution in [0.15, 0.2) is 0 Å². The van der Waals surface area contributed by atoms with Crippen LogP contribution >= 0.6 is 0 Å². The lowest BCUT2D eigenvalue weighted by atomic mass is 9.54. The van der Waals surface area contributed by atoms with Crippen LogP contribution in [0.2, 0.25) is 0 Å². The van der Waals surface area contributed by atoms with Gasteiger partial charge in [0.2, 0.25) is 0 Å².